The van der Waals surface area contributed by atoms with Crippen LogP contribution in [0.1, 0.15) is 19.3 Å². The second-order valence-electron chi connectivity index (χ2n) is 3.01. The summed E-state index contributed by atoms with van der Waals surface area (Å²) in [5.41, 5.74) is 1.20. The molecule has 1 unspecified atom stereocenters. The fraction of sp³-hybridized carbons (Fsp3) is 0.571. The highest BCUT2D eigenvalue weighted by molar-refractivity contribution is 8.86. The van der Waals surface area contributed by atoms with Crippen LogP contribution in [0.5, 0.6) is 0 Å². The molecule has 4 nitrogen and oxygen atoms in total. The molecule has 8 heteroatoms. The van der Waals surface area contributed by atoms with Gasteiger partial charge in [-0.1, -0.05) is 0 Å². The van der Waals surface area contributed by atoms with Crippen LogP contribution < -0.4 is 14.0 Å². The summed E-state index contributed by atoms with van der Waals surface area (Å²) in [5.74, 6) is 0. The molecule has 1 aliphatic carbocycles. The van der Waals surface area contributed by atoms with Gasteiger partial charge in [0, 0.05) is 4.91 Å². The van der Waals surface area contributed by atoms with E-state index in [0.717, 1.165) is 23.5 Å². The molecule has 0 aromatic rings. The largest absolute Gasteiger partial charge is 0.186 e. The molecule has 0 radical (unpaired) electrons. The van der Waals surface area contributed by atoms with E-state index in [9.17, 15) is 14.0 Å². The molecular formula is C7H9ClO4S3. The Kier molecular flexibility index (Phi) is 3.74. The van der Waals surface area contributed by atoms with E-state index in [1.165, 1.54) is 33.0 Å². The lowest BCUT2D eigenvalue weighted by molar-refractivity contribution is -1.91. The Morgan fingerprint density at radius 1 is 1.40 bits per heavy atom. The number of rotatable bonds is 2. The predicted molar refractivity (Wildman–Crippen MR) is 55.7 cm³/mol. The second-order valence-corrected chi connectivity index (χ2v) is 8.29. The highest BCUT2D eigenvalue weighted by Gasteiger charge is 2.36. The minimum absolute atomic E-state index is 0.916. The van der Waals surface area contributed by atoms with E-state index in [-0.39, 0.29) is 0 Å². The van der Waals surface area contributed by atoms with Gasteiger partial charge in [-0.05, 0) is 41.9 Å². The third kappa shape index (κ3) is 2.73. The maximum Gasteiger partial charge on any atom is 0.186 e. The van der Waals surface area contributed by atoms with Gasteiger partial charge in [0.2, 0.25) is 0 Å². The van der Waals surface area contributed by atoms with E-state index in [0.29, 0.717) is 0 Å². The fourth-order valence-corrected chi connectivity index (χ4v) is 8.39. The number of hydrogen-bond donors (Lipinski definition) is 0. The van der Waals surface area contributed by atoms with Gasteiger partial charge in [-0.15, -0.1) is 11.8 Å². The third-order valence-electron chi connectivity index (χ3n) is 2.06. The highest BCUT2D eigenvalue weighted by Crippen LogP contribution is 2.56. The predicted octanol–water partition coefficient (Wildman–Crippen LogP) is -0.323. The molecular weight excluding hydrogens is 280 g/mol. The van der Waals surface area contributed by atoms with Crippen molar-refractivity contribution in [3.8, 4) is 0 Å². The van der Waals surface area contributed by atoms with Gasteiger partial charge < -0.3 is 0 Å². The van der Waals surface area contributed by atoms with Crippen LogP contribution in [0.4, 0.5) is 0 Å². The van der Waals surface area contributed by atoms with Gasteiger partial charge >= 0.3 is 0 Å². The average molecular weight is 289 g/mol. The van der Waals surface area contributed by atoms with Crippen LogP contribution in [-0.4, -0.2) is 10.5 Å². The zero-order valence-corrected chi connectivity index (χ0v) is 11.1. The standard InChI is InChI=1S/C7H9ClO4S3/c1-13-7-5-3-2-4-6(5)14-15(7)12-8(9,10)11/h2-4H2,1H3. The summed E-state index contributed by atoms with van der Waals surface area (Å²) in [4.78, 5) is 1.20. The van der Waals surface area contributed by atoms with Gasteiger partial charge in [0.1, 0.15) is 3.74 Å². The molecule has 0 N–H and O–H groups in total. The summed E-state index contributed by atoms with van der Waals surface area (Å²) in [6.07, 6.45) is 4.94. The van der Waals surface area contributed by atoms with Crippen molar-refractivity contribution in [2.75, 3.05) is 6.26 Å². The Morgan fingerprint density at radius 2 is 2.13 bits per heavy atom. The average Bonchev–Trinajstić information content (AvgIpc) is 2.60. The maximum absolute atomic E-state index is 10.5. The Labute approximate surface area is 100 Å². The topological polar surface area (TPSA) is 78.4 Å². The molecule has 15 heavy (non-hydrogen) atoms. The molecule has 0 fully saturated rings. The first-order chi connectivity index (χ1) is 7.01. The van der Waals surface area contributed by atoms with Crippen molar-refractivity contribution < 1.29 is 28.0 Å². The summed E-state index contributed by atoms with van der Waals surface area (Å²) < 4.78 is 37.0. The molecule has 0 bridgehead atoms. The van der Waals surface area contributed by atoms with Crippen LogP contribution in [0.15, 0.2) is 10.5 Å². The molecule has 0 amide bonds. The van der Waals surface area contributed by atoms with Crippen molar-refractivity contribution in [2.24, 2.45) is 0 Å². The monoisotopic (exact) mass is 288 g/mol. The zero-order valence-electron chi connectivity index (χ0n) is 7.86. The minimum Gasteiger partial charge on any atom is -0.182 e. The second kappa shape index (κ2) is 4.58. The highest BCUT2D eigenvalue weighted by atomic mass is 35.7. The van der Waals surface area contributed by atoms with E-state index in [4.69, 9.17) is 0 Å². The van der Waals surface area contributed by atoms with Crippen LogP contribution in [0.3, 0.4) is 0 Å². The summed E-state index contributed by atoms with van der Waals surface area (Å²) >= 11 is 1.48. The number of thioether (sulfide) groups is 1. The van der Waals surface area contributed by atoms with E-state index in [1.807, 2.05) is 6.26 Å². The fourth-order valence-electron chi connectivity index (χ4n) is 1.56. The van der Waals surface area contributed by atoms with E-state index in [1.54, 1.807) is 0 Å². The van der Waals surface area contributed by atoms with Crippen LogP contribution in [0, 0.1) is 10.2 Å². The first-order valence-electron chi connectivity index (χ1n) is 4.18. The molecule has 1 aliphatic heterocycles. The molecule has 86 valence electrons. The molecule has 0 saturated heterocycles. The first kappa shape index (κ1) is 12.3. The van der Waals surface area contributed by atoms with Gasteiger partial charge in [-0.25, -0.2) is 0 Å². The normalized spacial score (nSPS) is 26.4. The SMILES string of the molecule is CSC1=S(O[Cl+3]([O-])([O-])[O-])SC2=C1CCC2. The van der Waals surface area contributed by atoms with Gasteiger partial charge in [-0.3, -0.25) is 0 Å². The summed E-state index contributed by atoms with van der Waals surface area (Å²) in [6.45, 7) is 0. The Hall–Kier alpha value is 0.790. The Morgan fingerprint density at radius 3 is 2.73 bits per heavy atom. The lowest BCUT2D eigenvalue weighted by atomic mass is 10.3. The van der Waals surface area contributed by atoms with Crippen LogP contribution >= 0.6 is 32.4 Å². The van der Waals surface area contributed by atoms with E-state index in [2.05, 4.69) is 3.74 Å². The van der Waals surface area contributed by atoms with Crippen molar-refractivity contribution in [2.45, 2.75) is 19.3 Å². The lowest BCUT2D eigenvalue weighted by Crippen LogP contribution is -2.60. The molecule has 0 aromatic carbocycles. The molecule has 2 rings (SSSR count). The summed E-state index contributed by atoms with van der Waals surface area (Å²) in [7, 11) is -3.88. The molecule has 2 aliphatic rings. The zero-order chi connectivity index (χ0) is 11.1. The molecule has 0 saturated carbocycles. The molecule has 1 atom stereocenters. The smallest absolute Gasteiger partial charge is 0.182 e. The van der Waals surface area contributed by atoms with Crippen molar-refractivity contribution in [3.63, 3.8) is 0 Å². The van der Waals surface area contributed by atoms with E-state index >= 15 is 0 Å². The number of halogens is 1. The van der Waals surface area contributed by atoms with E-state index < -0.39 is 20.0 Å². The summed E-state index contributed by atoms with van der Waals surface area (Å²) in [5, 5.41) is 0. The van der Waals surface area contributed by atoms with Gasteiger partial charge in [0.05, 0.1) is 14.4 Å². The van der Waals surface area contributed by atoms with Crippen molar-refractivity contribution in [1.82, 2.24) is 0 Å². The van der Waals surface area contributed by atoms with Crippen LogP contribution in [0.2, 0.25) is 0 Å². The third-order valence-corrected chi connectivity index (χ3v) is 8.40. The number of allylic oxidation sites excluding steroid dienone is 1. The molecule has 0 aromatic heterocycles. The van der Waals surface area contributed by atoms with Crippen molar-refractivity contribution in [3.05, 3.63) is 10.5 Å². The Balaban J connectivity index is 2.19. The number of hydrogen-bond acceptors (Lipinski definition) is 6. The van der Waals surface area contributed by atoms with Gasteiger partial charge in [0.15, 0.2) is 9.80 Å². The molecule has 0 spiro atoms. The molecule has 1 heterocycles. The lowest BCUT2D eigenvalue weighted by Gasteiger charge is -2.13. The quantitative estimate of drug-likeness (QED) is 0.512. The van der Waals surface area contributed by atoms with Crippen LogP contribution in [-0.2, 0) is 3.74 Å². The van der Waals surface area contributed by atoms with Crippen molar-refractivity contribution in [1.29, 1.82) is 0 Å². The maximum atomic E-state index is 10.5. The Bertz CT molecular complexity index is 347. The van der Waals surface area contributed by atoms with Gasteiger partial charge in [-0.2, -0.15) is 14.0 Å². The minimum atomic E-state index is -4.33. The first-order valence-corrected chi connectivity index (χ1v) is 9.12. The van der Waals surface area contributed by atoms with Crippen LogP contribution in [0.25, 0.3) is 0 Å². The van der Waals surface area contributed by atoms with Crippen molar-refractivity contribution >= 4 is 36.5 Å². The van der Waals surface area contributed by atoms with Gasteiger partial charge in [0.25, 0.3) is 0 Å². The summed E-state index contributed by atoms with van der Waals surface area (Å²) in [6, 6.07) is 0.